The Morgan fingerprint density at radius 2 is 1.90 bits per heavy atom. The topological polar surface area (TPSA) is 67.9 Å². The van der Waals surface area contributed by atoms with Crippen LogP contribution < -0.4 is 10.1 Å². The first-order valence-corrected chi connectivity index (χ1v) is 9.72. The van der Waals surface area contributed by atoms with Crippen LogP contribution >= 0.6 is 0 Å². The Labute approximate surface area is 169 Å². The Morgan fingerprint density at radius 3 is 2.69 bits per heavy atom. The van der Waals surface area contributed by atoms with Crippen molar-refractivity contribution in [1.29, 1.82) is 0 Å². The number of carbonyl (C=O) groups is 2. The van der Waals surface area contributed by atoms with Gasteiger partial charge in [-0.2, -0.15) is 0 Å². The van der Waals surface area contributed by atoms with Crippen LogP contribution in [0.1, 0.15) is 24.5 Å². The molecule has 2 aromatic rings. The van der Waals surface area contributed by atoms with Crippen molar-refractivity contribution in [3.63, 3.8) is 0 Å². The Hall–Kier alpha value is -2.93. The van der Waals surface area contributed by atoms with Crippen LogP contribution in [0.3, 0.4) is 0 Å². The Balaban J connectivity index is 1.34. The van der Waals surface area contributed by atoms with Gasteiger partial charge in [0, 0.05) is 19.5 Å². The van der Waals surface area contributed by atoms with E-state index >= 15 is 0 Å². The smallest absolute Gasteiger partial charge is 0.257 e. The van der Waals surface area contributed by atoms with Gasteiger partial charge in [-0.05, 0) is 24.1 Å². The van der Waals surface area contributed by atoms with Gasteiger partial charge in [0.25, 0.3) is 5.91 Å². The number of carbonyl (C=O) groups excluding carboxylic acids is 2. The van der Waals surface area contributed by atoms with Crippen LogP contribution in [0.15, 0.2) is 54.6 Å². The molecule has 0 aromatic heterocycles. The normalized spacial score (nSPS) is 16.3. The minimum Gasteiger partial charge on any atom is -0.481 e. The summed E-state index contributed by atoms with van der Waals surface area (Å²) in [5, 5.41) is 2.68. The van der Waals surface area contributed by atoms with E-state index in [2.05, 4.69) is 5.32 Å². The molecule has 1 saturated heterocycles. The number of benzene rings is 2. The van der Waals surface area contributed by atoms with Gasteiger partial charge >= 0.3 is 0 Å². The summed E-state index contributed by atoms with van der Waals surface area (Å²) in [6.45, 7) is 1.71. The zero-order chi connectivity index (χ0) is 20.5. The molecule has 1 heterocycles. The number of para-hydroxylation sites is 1. The molecule has 6 nitrogen and oxygen atoms in total. The number of nitrogens with one attached hydrogen (secondary N) is 1. The molecular formula is C22H25FN2O4. The maximum absolute atomic E-state index is 13.4. The van der Waals surface area contributed by atoms with Crippen LogP contribution in [0.2, 0.25) is 0 Å². The third-order valence-electron chi connectivity index (χ3n) is 4.68. The number of nitrogens with zero attached hydrogens (tertiary/aromatic N) is 1. The van der Waals surface area contributed by atoms with Crippen molar-refractivity contribution >= 4 is 11.8 Å². The SMILES string of the molecule is O=C(COc1ccccc1F)NCCCC(=O)N1CCOC(c2ccccc2)C1. The van der Waals surface area contributed by atoms with Crippen molar-refractivity contribution in [2.45, 2.75) is 18.9 Å². The predicted molar refractivity (Wildman–Crippen MR) is 106 cm³/mol. The van der Waals surface area contributed by atoms with Gasteiger partial charge in [0.2, 0.25) is 5.91 Å². The van der Waals surface area contributed by atoms with Crippen LogP contribution in [0.4, 0.5) is 4.39 Å². The molecule has 2 amide bonds. The van der Waals surface area contributed by atoms with Crippen LogP contribution in [0, 0.1) is 5.82 Å². The molecule has 0 aliphatic carbocycles. The zero-order valence-corrected chi connectivity index (χ0v) is 16.2. The molecule has 7 heteroatoms. The summed E-state index contributed by atoms with van der Waals surface area (Å²) in [5.41, 5.74) is 1.06. The first-order valence-electron chi connectivity index (χ1n) is 9.72. The first kappa shape index (κ1) is 20.8. The number of ether oxygens (including phenoxy) is 2. The highest BCUT2D eigenvalue weighted by molar-refractivity contribution is 5.78. The van der Waals surface area contributed by atoms with Crippen molar-refractivity contribution in [2.75, 3.05) is 32.8 Å². The van der Waals surface area contributed by atoms with Gasteiger partial charge in [-0.3, -0.25) is 9.59 Å². The second-order valence-electron chi connectivity index (χ2n) is 6.78. The van der Waals surface area contributed by atoms with Crippen molar-refractivity contribution in [1.82, 2.24) is 10.2 Å². The summed E-state index contributed by atoms with van der Waals surface area (Å²) in [6, 6.07) is 15.8. The van der Waals surface area contributed by atoms with Crippen molar-refractivity contribution < 1.29 is 23.5 Å². The van der Waals surface area contributed by atoms with Crippen LogP contribution in [0.5, 0.6) is 5.75 Å². The second kappa shape index (κ2) is 10.6. The number of hydrogen-bond donors (Lipinski definition) is 1. The molecule has 3 rings (SSSR count). The lowest BCUT2D eigenvalue weighted by molar-refractivity contribution is -0.139. The maximum Gasteiger partial charge on any atom is 0.257 e. The third kappa shape index (κ3) is 6.29. The summed E-state index contributed by atoms with van der Waals surface area (Å²) in [4.78, 5) is 26.1. The minimum absolute atomic E-state index is 0.0399. The largest absolute Gasteiger partial charge is 0.481 e. The van der Waals surface area contributed by atoms with E-state index in [1.807, 2.05) is 35.2 Å². The van der Waals surface area contributed by atoms with E-state index in [1.165, 1.54) is 12.1 Å². The number of amides is 2. The number of halogens is 1. The average molecular weight is 400 g/mol. The lowest BCUT2D eigenvalue weighted by Gasteiger charge is -2.33. The molecule has 1 atom stereocenters. The van der Waals surface area contributed by atoms with Crippen LogP contribution in [0.25, 0.3) is 0 Å². The van der Waals surface area contributed by atoms with Gasteiger partial charge in [-0.1, -0.05) is 42.5 Å². The summed E-state index contributed by atoms with van der Waals surface area (Å²) in [7, 11) is 0. The molecule has 2 aromatic carbocycles. The lowest BCUT2D eigenvalue weighted by atomic mass is 10.1. The quantitative estimate of drug-likeness (QED) is 0.692. The van der Waals surface area contributed by atoms with Crippen molar-refractivity contribution in [3.05, 3.63) is 66.0 Å². The van der Waals surface area contributed by atoms with Crippen LogP contribution in [-0.2, 0) is 14.3 Å². The first-order chi connectivity index (χ1) is 14.1. The Bertz CT molecular complexity index is 815. The highest BCUT2D eigenvalue weighted by Gasteiger charge is 2.24. The number of morpholine rings is 1. The molecule has 154 valence electrons. The average Bonchev–Trinajstić information content (AvgIpc) is 2.76. The van der Waals surface area contributed by atoms with Gasteiger partial charge in [0.15, 0.2) is 18.2 Å². The van der Waals surface area contributed by atoms with Gasteiger partial charge in [0.05, 0.1) is 13.2 Å². The maximum atomic E-state index is 13.4. The Morgan fingerprint density at radius 1 is 1.14 bits per heavy atom. The predicted octanol–water partition coefficient (Wildman–Crippen LogP) is 2.70. The molecule has 1 fully saturated rings. The molecule has 1 aliphatic rings. The fraction of sp³-hybridized carbons (Fsp3) is 0.364. The van der Waals surface area contributed by atoms with Crippen molar-refractivity contribution in [2.24, 2.45) is 0 Å². The van der Waals surface area contributed by atoms with E-state index in [0.717, 1.165) is 5.56 Å². The van der Waals surface area contributed by atoms with Gasteiger partial charge in [0.1, 0.15) is 6.10 Å². The van der Waals surface area contributed by atoms with Gasteiger partial charge < -0.3 is 19.7 Å². The van der Waals surface area contributed by atoms with E-state index in [4.69, 9.17) is 9.47 Å². The van der Waals surface area contributed by atoms with E-state index in [1.54, 1.807) is 12.1 Å². The van der Waals surface area contributed by atoms with E-state index in [9.17, 15) is 14.0 Å². The number of rotatable bonds is 8. The molecular weight excluding hydrogens is 375 g/mol. The third-order valence-corrected chi connectivity index (χ3v) is 4.68. The molecule has 0 saturated carbocycles. The highest BCUT2D eigenvalue weighted by Crippen LogP contribution is 2.22. The monoisotopic (exact) mass is 400 g/mol. The lowest BCUT2D eigenvalue weighted by Crippen LogP contribution is -2.42. The molecule has 1 aliphatic heterocycles. The second-order valence-corrected chi connectivity index (χ2v) is 6.78. The van der Waals surface area contributed by atoms with Crippen molar-refractivity contribution in [3.8, 4) is 5.75 Å². The fourth-order valence-electron chi connectivity index (χ4n) is 3.13. The molecule has 0 spiro atoms. The van der Waals surface area contributed by atoms with Gasteiger partial charge in [-0.25, -0.2) is 4.39 Å². The van der Waals surface area contributed by atoms with E-state index in [-0.39, 0.29) is 30.3 Å². The summed E-state index contributed by atoms with van der Waals surface area (Å²) < 4.78 is 24.4. The van der Waals surface area contributed by atoms with Gasteiger partial charge in [-0.15, -0.1) is 0 Å². The highest BCUT2D eigenvalue weighted by atomic mass is 19.1. The summed E-state index contributed by atoms with van der Waals surface area (Å²) in [6.07, 6.45) is 0.761. The van der Waals surface area contributed by atoms with E-state index < -0.39 is 5.82 Å². The summed E-state index contributed by atoms with van der Waals surface area (Å²) in [5.74, 6) is -0.773. The molecule has 0 radical (unpaired) electrons. The summed E-state index contributed by atoms with van der Waals surface area (Å²) >= 11 is 0. The molecule has 0 bridgehead atoms. The molecule has 29 heavy (non-hydrogen) atoms. The van der Waals surface area contributed by atoms with E-state index in [0.29, 0.717) is 39.1 Å². The Kier molecular flexibility index (Phi) is 7.58. The standard InChI is InChI=1S/C22H25FN2O4/c23-18-9-4-5-10-19(18)29-16-21(26)24-12-6-11-22(27)25-13-14-28-20(15-25)17-7-2-1-3-8-17/h1-5,7-10,20H,6,11-16H2,(H,24,26). The fourth-order valence-corrected chi connectivity index (χ4v) is 3.13. The number of hydrogen-bond acceptors (Lipinski definition) is 4. The zero-order valence-electron chi connectivity index (χ0n) is 16.2. The molecule has 1 unspecified atom stereocenters. The van der Waals surface area contributed by atoms with Crippen LogP contribution in [-0.4, -0.2) is 49.6 Å². The minimum atomic E-state index is -0.509. The molecule has 1 N–H and O–H groups in total.